The molecule has 0 saturated carbocycles. The second kappa shape index (κ2) is 9.75. The number of benzene rings is 2. The Morgan fingerprint density at radius 2 is 1.74 bits per heavy atom. The predicted molar refractivity (Wildman–Crippen MR) is 109 cm³/mol. The van der Waals surface area contributed by atoms with Crippen molar-refractivity contribution in [3.63, 3.8) is 0 Å². The van der Waals surface area contributed by atoms with Gasteiger partial charge in [0.2, 0.25) is 0 Å². The fraction of sp³-hybridized carbons (Fsp3) is 0.227. The smallest absolute Gasteiger partial charge is 0.279 e. The number of halogens is 1. The predicted octanol–water partition coefficient (Wildman–Crippen LogP) is 3.24. The summed E-state index contributed by atoms with van der Waals surface area (Å²) in [6, 6.07) is 12.3. The molecule has 0 aliphatic heterocycles. The molecule has 2 N–H and O–H groups in total. The quantitative estimate of drug-likeness (QED) is 0.561. The molecule has 0 aliphatic rings. The van der Waals surface area contributed by atoms with Crippen molar-refractivity contribution in [2.24, 2.45) is 0 Å². The molecule has 2 aromatic carbocycles. The van der Waals surface area contributed by atoms with Gasteiger partial charge in [0.15, 0.2) is 17.7 Å². The van der Waals surface area contributed by atoms with Crippen LogP contribution in [0.5, 0.6) is 11.5 Å². The summed E-state index contributed by atoms with van der Waals surface area (Å²) < 4.78 is 29.8. The highest BCUT2D eigenvalue weighted by atomic mass is 19.1. The maximum absolute atomic E-state index is 13.7. The molecule has 3 rings (SSSR count). The number of hydrogen-bond acceptors (Lipinski definition) is 6. The Hall–Kier alpha value is -3.88. The Labute approximate surface area is 178 Å². The van der Waals surface area contributed by atoms with Gasteiger partial charge in [-0.2, -0.15) is 0 Å². The molecule has 8 nitrogen and oxygen atoms in total. The van der Waals surface area contributed by atoms with Crippen LogP contribution in [0.4, 0.5) is 4.39 Å². The molecule has 0 unspecified atom stereocenters. The van der Waals surface area contributed by atoms with Gasteiger partial charge in [0.1, 0.15) is 18.1 Å². The summed E-state index contributed by atoms with van der Waals surface area (Å²) in [5.41, 5.74) is 6.30. The molecule has 1 aromatic heterocycles. The molecule has 1 heterocycles. The number of para-hydroxylation sites is 2. The number of carbonyl (C=O) groups is 2. The van der Waals surface area contributed by atoms with Crippen LogP contribution in [0.25, 0.3) is 0 Å². The summed E-state index contributed by atoms with van der Waals surface area (Å²) in [5.74, 6) is -0.919. The van der Waals surface area contributed by atoms with Gasteiger partial charge < -0.3 is 14.0 Å². The first-order valence-corrected chi connectivity index (χ1v) is 9.51. The van der Waals surface area contributed by atoms with Gasteiger partial charge >= 0.3 is 0 Å². The van der Waals surface area contributed by atoms with Crippen LogP contribution in [0.1, 0.15) is 34.3 Å². The minimum Gasteiger partial charge on any atom is -0.488 e. The van der Waals surface area contributed by atoms with E-state index < -0.39 is 23.7 Å². The van der Waals surface area contributed by atoms with Crippen molar-refractivity contribution in [3.05, 3.63) is 76.9 Å². The van der Waals surface area contributed by atoms with Crippen molar-refractivity contribution >= 4 is 11.8 Å². The molecule has 0 radical (unpaired) electrons. The topological polar surface area (TPSA) is 103 Å². The van der Waals surface area contributed by atoms with E-state index in [0.717, 1.165) is 5.56 Å². The van der Waals surface area contributed by atoms with Crippen molar-refractivity contribution < 1.29 is 28.0 Å². The zero-order valence-corrected chi connectivity index (χ0v) is 17.3. The number of nitrogens with one attached hydrogen (secondary N) is 2. The molecule has 2 amide bonds. The lowest BCUT2D eigenvalue weighted by Gasteiger charge is -2.16. The summed E-state index contributed by atoms with van der Waals surface area (Å²) in [4.78, 5) is 24.8. The molecule has 0 bridgehead atoms. The Kier molecular flexibility index (Phi) is 6.86. The van der Waals surface area contributed by atoms with E-state index in [4.69, 9.17) is 14.0 Å². The van der Waals surface area contributed by atoms with Gasteiger partial charge in [0.25, 0.3) is 11.8 Å². The summed E-state index contributed by atoms with van der Waals surface area (Å²) in [6.45, 7) is 5.19. The van der Waals surface area contributed by atoms with Crippen LogP contribution in [0.3, 0.4) is 0 Å². The lowest BCUT2D eigenvalue weighted by atomic mass is 10.2. The number of carbonyl (C=O) groups excluding carboxylic acids is 2. The van der Waals surface area contributed by atoms with Crippen molar-refractivity contribution in [1.82, 2.24) is 16.0 Å². The molecule has 3 aromatic rings. The third-order valence-electron chi connectivity index (χ3n) is 4.49. The number of amides is 2. The third-order valence-corrected chi connectivity index (χ3v) is 4.49. The summed E-state index contributed by atoms with van der Waals surface area (Å²) >= 11 is 0. The fourth-order valence-corrected chi connectivity index (χ4v) is 2.71. The minimum atomic E-state index is -1.04. The van der Waals surface area contributed by atoms with Crippen LogP contribution in [0.15, 0.2) is 53.1 Å². The van der Waals surface area contributed by atoms with E-state index >= 15 is 0 Å². The van der Waals surface area contributed by atoms with E-state index in [9.17, 15) is 14.0 Å². The average molecular weight is 427 g/mol. The molecule has 0 saturated heterocycles. The first kappa shape index (κ1) is 21.8. The van der Waals surface area contributed by atoms with Crippen molar-refractivity contribution in [1.29, 1.82) is 0 Å². The zero-order valence-electron chi connectivity index (χ0n) is 17.3. The second-order valence-corrected chi connectivity index (χ2v) is 6.72. The fourth-order valence-electron chi connectivity index (χ4n) is 2.71. The van der Waals surface area contributed by atoms with Crippen molar-refractivity contribution in [2.45, 2.75) is 33.5 Å². The van der Waals surface area contributed by atoms with Crippen LogP contribution in [-0.2, 0) is 11.4 Å². The molecule has 162 valence electrons. The number of hydrogen-bond donors (Lipinski definition) is 2. The number of rotatable bonds is 7. The van der Waals surface area contributed by atoms with E-state index in [2.05, 4.69) is 16.0 Å². The molecule has 0 spiro atoms. The number of hydrazine groups is 1. The zero-order chi connectivity index (χ0) is 22.4. The SMILES string of the molecule is Cc1noc(C)c1COc1ccccc1C(=O)NNC(=O)[C@@H](C)Oc1ccccc1F. The highest BCUT2D eigenvalue weighted by Crippen LogP contribution is 2.21. The van der Waals surface area contributed by atoms with Gasteiger partial charge in [-0.15, -0.1) is 0 Å². The van der Waals surface area contributed by atoms with Gasteiger partial charge in [0, 0.05) is 0 Å². The average Bonchev–Trinajstić information content (AvgIpc) is 3.09. The monoisotopic (exact) mass is 427 g/mol. The third kappa shape index (κ3) is 5.39. The first-order valence-electron chi connectivity index (χ1n) is 9.51. The second-order valence-electron chi connectivity index (χ2n) is 6.72. The summed E-state index contributed by atoms with van der Waals surface area (Å²) in [5, 5.41) is 3.87. The molecule has 9 heteroatoms. The van der Waals surface area contributed by atoms with Crippen LogP contribution in [0, 0.1) is 19.7 Å². The Balaban J connectivity index is 1.59. The maximum Gasteiger partial charge on any atom is 0.279 e. The number of nitrogens with zero attached hydrogens (tertiary/aromatic N) is 1. The van der Waals surface area contributed by atoms with E-state index in [1.54, 1.807) is 44.2 Å². The lowest BCUT2D eigenvalue weighted by molar-refractivity contribution is -0.128. The standard InChI is InChI=1S/C22H22FN3O5/c1-13-17(14(2)31-26-13)12-29-19-10-6-4-8-16(19)22(28)25-24-21(27)15(3)30-20-11-7-5-9-18(20)23/h4-11,15H,12H2,1-3H3,(H,24,27)(H,25,28)/t15-/m1/s1. The van der Waals surface area contributed by atoms with Gasteiger partial charge in [-0.1, -0.05) is 29.4 Å². The largest absolute Gasteiger partial charge is 0.488 e. The first-order chi connectivity index (χ1) is 14.9. The van der Waals surface area contributed by atoms with E-state index in [1.807, 2.05) is 0 Å². The Morgan fingerprint density at radius 3 is 2.42 bits per heavy atom. The van der Waals surface area contributed by atoms with Gasteiger partial charge in [0.05, 0.1) is 16.8 Å². The summed E-state index contributed by atoms with van der Waals surface area (Å²) in [6.07, 6.45) is -1.04. The van der Waals surface area contributed by atoms with Gasteiger partial charge in [-0.3, -0.25) is 20.4 Å². The van der Waals surface area contributed by atoms with E-state index in [-0.39, 0.29) is 17.9 Å². The van der Waals surface area contributed by atoms with Crippen LogP contribution in [-0.4, -0.2) is 23.1 Å². The molecule has 31 heavy (non-hydrogen) atoms. The molecule has 1 atom stereocenters. The van der Waals surface area contributed by atoms with Crippen molar-refractivity contribution in [2.75, 3.05) is 0 Å². The summed E-state index contributed by atoms with van der Waals surface area (Å²) in [7, 11) is 0. The van der Waals surface area contributed by atoms with Gasteiger partial charge in [-0.05, 0) is 45.0 Å². The van der Waals surface area contributed by atoms with Crippen LogP contribution in [0.2, 0.25) is 0 Å². The van der Waals surface area contributed by atoms with Crippen molar-refractivity contribution in [3.8, 4) is 11.5 Å². The highest BCUT2D eigenvalue weighted by molar-refractivity contribution is 5.98. The van der Waals surface area contributed by atoms with Crippen LogP contribution >= 0.6 is 0 Å². The normalized spacial score (nSPS) is 11.5. The Morgan fingerprint density at radius 1 is 1.06 bits per heavy atom. The highest BCUT2D eigenvalue weighted by Gasteiger charge is 2.19. The van der Waals surface area contributed by atoms with E-state index in [1.165, 1.54) is 25.1 Å². The van der Waals surface area contributed by atoms with E-state index in [0.29, 0.717) is 17.2 Å². The number of aromatic nitrogens is 1. The lowest BCUT2D eigenvalue weighted by Crippen LogP contribution is -2.47. The van der Waals surface area contributed by atoms with Gasteiger partial charge in [-0.25, -0.2) is 4.39 Å². The molecular weight excluding hydrogens is 405 g/mol. The van der Waals surface area contributed by atoms with Crippen LogP contribution < -0.4 is 20.3 Å². The number of aryl methyl sites for hydroxylation is 2. The minimum absolute atomic E-state index is 0.0606. The maximum atomic E-state index is 13.7. The molecule has 0 aliphatic carbocycles. The molecular formula is C22H22FN3O5. The number of ether oxygens (including phenoxy) is 2. The Bertz CT molecular complexity index is 1060. The molecule has 0 fully saturated rings.